The van der Waals surface area contributed by atoms with Gasteiger partial charge in [0.1, 0.15) is 5.82 Å². The third kappa shape index (κ3) is 3.36. The second kappa shape index (κ2) is 4.93. The van der Waals surface area contributed by atoms with Gasteiger partial charge in [0.05, 0.1) is 5.60 Å². The van der Waals surface area contributed by atoms with E-state index >= 15 is 0 Å². The van der Waals surface area contributed by atoms with Gasteiger partial charge in [-0.15, -0.1) is 0 Å². The van der Waals surface area contributed by atoms with Crippen LogP contribution >= 0.6 is 0 Å². The third-order valence-corrected chi connectivity index (χ3v) is 2.59. The molecule has 0 bridgehead atoms. The lowest BCUT2D eigenvalue weighted by atomic mass is 9.98. The zero-order valence-electron chi connectivity index (χ0n) is 9.20. The predicted octanol–water partition coefficient (Wildman–Crippen LogP) is 1.02. The van der Waals surface area contributed by atoms with Crippen molar-refractivity contribution in [2.45, 2.75) is 32.3 Å². The molecule has 4 N–H and O–H groups in total. The maximum absolute atomic E-state index is 10.0. The van der Waals surface area contributed by atoms with Crippen LogP contribution in [0.25, 0.3) is 0 Å². The summed E-state index contributed by atoms with van der Waals surface area (Å²) in [6, 6.07) is 1.72. The van der Waals surface area contributed by atoms with Crippen LogP contribution in [0.15, 0.2) is 12.3 Å². The monoisotopic (exact) mass is 210 g/mol. The Balaban J connectivity index is 2.56. The van der Waals surface area contributed by atoms with Crippen molar-refractivity contribution < 1.29 is 5.11 Å². The van der Waals surface area contributed by atoms with E-state index in [9.17, 15) is 5.11 Å². The van der Waals surface area contributed by atoms with Crippen molar-refractivity contribution in [1.82, 2.24) is 9.97 Å². The molecule has 0 amide bonds. The van der Waals surface area contributed by atoms with E-state index in [1.807, 2.05) is 13.8 Å². The minimum absolute atomic E-state index is 0.233. The van der Waals surface area contributed by atoms with Crippen molar-refractivity contribution in [3.05, 3.63) is 12.3 Å². The van der Waals surface area contributed by atoms with Crippen molar-refractivity contribution >= 4 is 11.8 Å². The van der Waals surface area contributed by atoms with Crippen molar-refractivity contribution in [3.63, 3.8) is 0 Å². The highest BCUT2D eigenvalue weighted by Crippen LogP contribution is 2.15. The Morgan fingerprint density at radius 2 is 2.13 bits per heavy atom. The molecule has 1 aromatic rings. The molecule has 0 unspecified atom stereocenters. The first kappa shape index (κ1) is 11.7. The van der Waals surface area contributed by atoms with Crippen molar-refractivity contribution in [2.75, 3.05) is 17.6 Å². The summed E-state index contributed by atoms with van der Waals surface area (Å²) < 4.78 is 0. The first-order valence-corrected chi connectivity index (χ1v) is 5.14. The fourth-order valence-electron chi connectivity index (χ4n) is 1.23. The average molecular weight is 210 g/mol. The van der Waals surface area contributed by atoms with E-state index in [4.69, 9.17) is 5.73 Å². The molecule has 0 saturated heterocycles. The number of anilines is 2. The minimum atomic E-state index is -0.681. The molecule has 5 heteroatoms. The predicted molar refractivity (Wildman–Crippen MR) is 60.5 cm³/mol. The highest BCUT2D eigenvalue weighted by atomic mass is 16.3. The topological polar surface area (TPSA) is 84.1 Å². The molecule has 0 aliphatic carbocycles. The summed E-state index contributed by atoms with van der Waals surface area (Å²) in [6.07, 6.45) is 3.00. The maximum atomic E-state index is 10.0. The highest BCUT2D eigenvalue weighted by Gasteiger charge is 2.21. The molecule has 0 spiro atoms. The van der Waals surface area contributed by atoms with Gasteiger partial charge >= 0.3 is 0 Å². The summed E-state index contributed by atoms with van der Waals surface area (Å²) in [5, 5.41) is 13.1. The first-order chi connectivity index (χ1) is 7.09. The van der Waals surface area contributed by atoms with Crippen LogP contribution < -0.4 is 11.1 Å². The number of nitrogens with two attached hydrogens (primary N) is 1. The van der Waals surface area contributed by atoms with E-state index < -0.39 is 5.60 Å². The summed E-state index contributed by atoms with van der Waals surface area (Å²) in [4.78, 5) is 7.78. The van der Waals surface area contributed by atoms with Gasteiger partial charge in [0.15, 0.2) is 0 Å². The third-order valence-electron chi connectivity index (χ3n) is 2.59. The van der Waals surface area contributed by atoms with Gasteiger partial charge in [-0.1, -0.05) is 13.8 Å². The molecular weight excluding hydrogens is 192 g/mol. The van der Waals surface area contributed by atoms with Crippen LogP contribution in [0.3, 0.4) is 0 Å². The maximum Gasteiger partial charge on any atom is 0.221 e. The van der Waals surface area contributed by atoms with Gasteiger partial charge in [-0.05, 0) is 18.9 Å². The molecule has 0 aliphatic heterocycles. The van der Waals surface area contributed by atoms with Crippen molar-refractivity contribution in [2.24, 2.45) is 0 Å². The molecule has 0 saturated carbocycles. The van der Waals surface area contributed by atoms with Crippen LogP contribution in [0, 0.1) is 0 Å². The van der Waals surface area contributed by atoms with Crippen LogP contribution in [-0.4, -0.2) is 27.2 Å². The van der Waals surface area contributed by atoms with Gasteiger partial charge in [0, 0.05) is 12.7 Å². The summed E-state index contributed by atoms with van der Waals surface area (Å²) in [5.74, 6) is 0.874. The number of nitrogen functional groups attached to an aromatic ring is 1. The molecule has 0 aromatic carbocycles. The second-order valence-corrected chi connectivity index (χ2v) is 3.59. The standard InChI is InChI=1S/C10H18N4O/c1-3-10(15,4-2)7-13-8-5-6-12-9(11)14-8/h5-6,15H,3-4,7H2,1-2H3,(H3,11,12,13,14). The number of hydrogen-bond acceptors (Lipinski definition) is 5. The normalized spacial score (nSPS) is 11.4. The number of hydrogen-bond donors (Lipinski definition) is 3. The molecule has 15 heavy (non-hydrogen) atoms. The van der Waals surface area contributed by atoms with Gasteiger partial charge in [0.2, 0.25) is 5.95 Å². The van der Waals surface area contributed by atoms with Crippen LogP contribution in [0.4, 0.5) is 11.8 Å². The Morgan fingerprint density at radius 3 is 2.67 bits per heavy atom. The fourth-order valence-corrected chi connectivity index (χ4v) is 1.23. The molecule has 5 nitrogen and oxygen atoms in total. The highest BCUT2D eigenvalue weighted by molar-refractivity contribution is 5.37. The fraction of sp³-hybridized carbons (Fsp3) is 0.600. The Bertz CT molecular complexity index is 312. The van der Waals surface area contributed by atoms with E-state index in [-0.39, 0.29) is 5.95 Å². The molecule has 0 atom stereocenters. The molecule has 1 heterocycles. The van der Waals surface area contributed by atoms with E-state index in [1.54, 1.807) is 12.3 Å². The van der Waals surface area contributed by atoms with Crippen molar-refractivity contribution in [1.29, 1.82) is 0 Å². The molecule has 0 fully saturated rings. The van der Waals surface area contributed by atoms with Crippen LogP contribution in [-0.2, 0) is 0 Å². The van der Waals surface area contributed by atoms with E-state index in [2.05, 4.69) is 15.3 Å². The van der Waals surface area contributed by atoms with Gasteiger partial charge in [-0.25, -0.2) is 4.98 Å². The number of aliphatic hydroxyl groups is 1. The number of aromatic nitrogens is 2. The number of rotatable bonds is 5. The summed E-state index contributed by atoms with van der Waals surface area (Å²) >= 11 is 0. The number of nitrogens with one attached hydrogen (secondary N) is 1. The van der Waals surface area contributed by atoms with Crippen LogP contribution in [0.5, 0.6) is 0 Å². The van der Waals surface area contributed by atoms with Gasteiger partial charge in [0.25, 0.3) is 0 Å². The van der Waals surface area contributed by atoms with Crippen molar-refractivity contribution in [3.8, 4) is 0 Å². The van der Waals surface area contributed by atoms with Crippen LogP contribution in [0.2, 0.25) is 0 Å². The SMILES string of the molecule is CCC(O)(CC)CNc1ccnc(N)n1. The van der Waals surface area contributed by atoms with Crippen LogP contribution in [0.1, 0.15) is 26.7 Å². The molecule has 0 aliphatic rings. The lowest BCUT2D eigenvalue weighted by Gasteiger charge is -2.25. The average Bonchev–Trinajstić information content (AvgIpc) is 2.26. The number of nitrogens with zero attached hydrogens (tertiary/aromatic N) is 2. The summed E-state index contributed by atoms with van der Waals surface area (Å²) in [5.41, 5.74) is 4.76. The molecule has 1 aromatic heterocycles. The van der Waals surface area contributed by atoms with Gasteiger partial charge in [-0.2, -0.15) is 4.98 Å². The molecule has 1 rings (SSSR count). The Morgan fingerprint density at radius 1 is 1.47 bits per heavy atom. The first-order valence-electron chi connectivity index (χ1n) is 5.14. The quantitative estimate of drug-likeness (QED) is 0.675. The lowest BCUT2D eigenvalue weighted by molar-refractivity contribution is 0.0456. The minimum Gasteiger partial charge on any atom is -0.388 e. The second-order valence-electron chi connectivity index (χ2n) is 3.59. The summed E-state index contributed by atoms with van der Waals surface area (Å²) in [7, 11) is 0. The van der Waals surface area contributed by atoms with E-state index in [1.165, 1.54) is 0 Å². The van der Waals surface area contributed by atoms with Gasteiger partial charge < -0.3 is 16.2 Å². The van der Waals surface area contributed by atoms with Gasteiger partial charge in [-0.3, -0.25) is 0 Å². The van der Waals surface area contributed by atoms with E-state index in [0.717, 1.165) is 0 Å². The Hall–Kier alpha value is -1.36. The smallest absolute Gasteiger partial charge is 0.221 e. The molecule has 0 radical (unpaired) electrons. The molecular formula is C10H18N4O. The Labute approximate surface area is 89.7 Å². The summed E-state index contributed by atoms with van der Waals surface area (Å²) in [6.45, 7) is 4.38. The largest absolute Gasteiger partial charge is 0.388 e. The Kier molecular flexibility index (Phi) is 3.85. The lowest BCUT2D eigenvalue weighted by Crippen LogP contribution is -2.35. The zero-order valence-corrected chi connectivity index (χ0v) is 9.20. The van der Waals surface area contributed by atoms with E-state index in [0.29, 0.717) is 25.2 Å². The molecule has 84 valence electrons. The zero-order chi connectivity index (χ0) is 11.3.